The maximum atomic E-state index is 8.44. The lowest BCUT2D eigenvalue weighted by atomic mass is 9.82. The molecule has 0 aromatic carbocycles. The van der Waals surface area contributed by atoms with Crippen molar-refractivity contribution in [3.8, 4) is 0 Å². The topological polar surface area (TPSA) is 32.3 Å². The smallest absolute Gasteiger partial charge is 0.0556 e. The molecule has 2 N–H and O–H groups in total. The second kappa shape index (κ2) is 3.18. The second-order valence-corrected chi connectivity index (χ2v) is 2.95. The Morgan fingerprint density at radius 2 is 2.22 bits per heavy atom. The summed E-state index contributed by atoms with van der Waals surface area (Å²) in [6, 6.07) is 0.701. The van der Waals surface area contributed by atoms with Crippen LogP contribution in [0.4, 0.5) is 0 Å². The van der Waals surface area contributed by atoms with Gasteiger partial charge in [-0.05, 0) is 18.8 Å². The van der Waals surface area contributed by atoms with Gasteiger partial charge in [-0.15, -0.1) is 0 Å². The molecule has 0 atom stereocenters. The first kappa shape index (κ1) is 7.03. The molecule has 0 bridgehead atoms. The quantitative estimate of drug-likeness (QED) is 0.577. The van der Waals surface area contributed by atoms with Crippen molar-refractivity contribution < 1.29 is 5.11 Å². The van der Waals surface area contributed by atoms with Gasteiger partial charge in [-0.3, -0.25) is 0 Å². The number of hydrogen-bond donors (Lipinski definition) is 2. The van der Waals surface area contributed by atoms with Gasteiger partial charge in [0, 0.05) is 12.6 Å². The van der Waals surface area contributed by atoms with Gasteiger partial charge >= 0.3 is 0 Å². The summed E-state index contributed by atoms with van der Waals surface area (Å²) in [4.78, 5) is 0. The van der Waals surface area contributed by atoms with Gasteiger partial charge in [0.1, 0.15) is 0 Å². The SMILES string of the molecule is CC1CC(NCCO)C1. The zero-order valence-electron chi connectivity index (χ0n) is 5.93. The van der Waals surface area contributed by atoms with Crippen LogP contribution >= 0.6 is 0 Å². The first-order valence-electron chi connectivity index (χ1n) is 3.67. The highest BCUT2D eigenvalue weighted by Crippen LogP contribution is 2.25. The molecule has 2 heteroatoms. The molecule has 0 heterocycles. The van der Waals surface area contributed by atoms with Gasteiger partial charge in [0.15, 0.2) is 0 Å². The van der Waals surface area contributed by atoms with Crippen molar-refractivity contribution in [2.75, 3.05) is 13.2 Å². The molecular weight excluding hydrogens is 114 g/mol. The zero-order chi connectivity index (χ0) is 6.69. The van der Waals surface area contributed by atoms with Crippen LogP contribution in [0.5, 0.6) is 0 Å². The van der Waals surface area contributed by atoms with Crippen LogP contribution in [-0.2, 0) is 0 Å². The standard InChI is InChI=1S/C7H15NO/c1-6-4-7(5-6)8-2-3-9/h6-9H,2-5H2,1H3. The van der Waals surface area contributed by atoms with Crippen LogP contribution in [0.15, 0.2) is 0 Å². The van der Waals surface area contributed by atoms with Gasteiger partial charge in [0.25, 0.3) is 0 Å². The van der Waals surface area contributed by atoms with E-state index in [1.807, 2.05) is 0 Å². The molecule has 0 aromatic heterocycles. The molecular formula is C7H15NO. The molecule has 2 nitrogen and oxygen atoms in total. The largest absolute Gasteiger partial charge is 0.395 e. The maximum Gasteiger partial charge on any atom is 0.0556 e. The van der Waals surface area contributed by atoms with Crippen LogP contribution in [0.1, 0.15) is 19.8 Å². The van der Waals surface area contributed by atoms with Crippen LogP contribution in [0.2, 0.25) is 0 Å². The molecule has 0 aliphatic heterocycles. The van der Waals surface area contributed by atoms with E-state index >= 15 is 0 Å². The van der Waals surface area contributed by atoms with Gasteiger partial charge < -0.3 is 10.4 Å². The third kappa shape index (κ3) is 1.95. The van der Waals surface area contributed by atoms with Gasteiger partial charge in [0.05, 0.1) is 6.61 Å². The maximum absolute atomic E-state index is 8.44. The van der Waals surface area contributed by atoms with Gasteiger partial charge in [-0.1, -0.05) is 6.92 Å². The minimum absolute atomic E-state index is 0.269. The minimum Gasteiger partial charge on any atom is -0.395 e. The molecule has 1 saturated carbocycles. The van der Waals surface area contributed by atoms with E-state index in [4.69, 9.17) is 5.11 Å². The number of nitrogens with one attached hydrogen (secondary N) is 1. The minimum atomic E-state index is 0.269. The highest BCUT2D eigenvalue weighted by molar-refractivity contribution is 4.81. The summed E-state index contributed by atoms with van der Waals surface area (Å²) in [7, 11) is 0. The monoisotopic (exact) mass is 129 g/mol. The molecule has 0 radical (unpaired) electrons. The van der Waals surface area contributed by atoms with E-state index in [9.17, 15) is 0 Å². The van der Waals surface area contributed by atoms with Crippen LogP contribution < -0.4 is 5.32 Å². The van der Waals surface area contributed by atoms with Crippen molar-refractivity contribution >= 4 is 0 Å². The average Bonchev–Trinajstić information content (AvgIpc) is 1.78. The van der Waals surface area contributed by atoms with E-state index < -0.39 is 0 Å². The Morgan fingerprint density at radius 3 is 2.67 bits per heavy atom. The van der Waals surface area contributed by atoms with Crippen molar-refractivity contribution in [2.45, 2.75) is 25.8 Å². The lowest BCUT2D eigenvalue weighted by Crippen LogP contribution is -2.41. The first-order chi connectivity index (χ1) is 4.33. The molecule has 1 aliphatic rings. The fourth-order valence-corrected chi connectivity index (χ4v) is 1.34. The Morgan fingerprint density at radius 1 is 1.56 bits per heavy atom. The molecule has 0 aromatic rings. The van der Waals surface area contributed by atoms with E-state index in [1.54, 1.807) is 0 Å². The molecule has 0 amide bonds. The summed E-state index contributed by atoms with van der Waals surface area (Å²) in [5, 5.41) is 11.7. The number of hydrogen-bond acceptors (Lipinski definition) is 2. The van der Waals surface area contributed by atoms with E-state index in [-0.39, 0.29) is 6.61 Å². The van der Waals surface area contributed by atoms with E-state index in [2.05, 4.69) is 12.2 Å². The van der Waals surface area contributed by atoms with Gasteiger partial charge in [-0.2, -0.15) is 0 Å². The van der Waals surface area contributed by atoms with Crippen LogP contribution in [-0.4, -0.2) is 24.3 Å². The van der Waals surface area contributed by atoms with Crippen LogP contribution in [0.3, 0.4) is 0 Å². The van der Waals surface area contributed by atoms with Gasteiger partial charge in [0.2, 0.25) is 0 Å². The summed E-state index contributed by atoms with van der Waals surface area (Å²) >= 11 is 0. The molecule has 0 unspecified atom stereocenters. The zero-order valence-corrected chi connectivity index (χ0v) is 5.93. The molecule has 1 rings (SSSR count). The Bertz CT molecular complexity index is 79.0. The van der Waals surface area contributed by atoms with Crippen LogP contribution in [0, 0.1) is 5.92 Å². The summed E-state index contributed by atoms with van der Waals surface area (Å²) < 4.78 is 0. The molecule has 0 spiro atoms. The number of aliphatic hydroxyl groups excluding tert-OH is 1. The van der Waals surface area contributed by atoms with Crippen molar-refractivity contribution in [1.82, 2.24) is 5.32 Å². The Balaban J connectivity index is 1.91. The van der Waals surface area contributed by atoms with Gasteiger partial charge in [-0.25, -0.2) is 0 Å². The van der Waals surface area contributed by atoms with Crippen molar-refractivity contribution in [3.05, 3.63) is 0 Å². The fraction of sp³-hybridized carbons (Fsp3) is 1.00. The Kier molecular flexibility index (Phi) is 2.49. The summed E-state index contributed by atoms with van der Waals surface area (Å²) in [6.07, 6.45) is 2.58. The van der Waals surface area contributed by atoms with Crippen molar-refractivity contribution in [1.29, 1.82) is 0 Å². The molecule has 54 valence electrons. The van der Waals surface area contributed by atoms with Crippen LogP contribution in [0.25, 0.3) is 0 Å². The molecule has 0 saturated heterocycles. The summed E-state index contributed by atoms with van der Waals surface area (Å²) in [5.41, 5.74) is 0. The average molecular weight is 129 g/mol. The fourth-order valence-electron chi connectivity index (χ4n) is 1.34. The van der Waals surface area contributed by atoms with Crippen molar-refractivity contribution in [3.63, 3.8) is 0 Å². The summed E-state index contributed by atoms with van der Waals surface area (Å²) in [5.74, 6) is 0.904. The normalized spacial score (nSPS) is 34.0. The van der Waals surface area contributed by atoms with E-state index in [0.29, 0.717) is 6.04 Å². The van der Waals surface area contributed by atoms with Crippen molar-refractivity contribution in [2.24, 2.45) is 5.92 Å². The predicted molar refractivity (Wildman–Crippen MR) is 37.3 cm³/mol. The third-order valence-electron chi connectivity index (χ3n) is 1.92. The predicted octanol–water partition coefficient (Wildman–Crippen LogP) is 0.367. The first-order valence-corrected chi connectivity index (χ1v) is 3.67. The summed E-state index contributed by atoms with van der Waals surface area (Å²) in [6.45, 7) is 3.29. The van der Waals surface area contributed by atoms with E-state index in [1.165, 1.54) is 12.8 Å². The number of rotatable bonds is 3. The molecule has 1 fully saturated rings. The lowest BCUT2D eigenvalue weighted by molar-refractivity contribution is 0.216. The Hall–Kier alpha value is -0.0800. The second-order valence-electron chi connectivity index (χ2n) is 2.95. The molecule has 9 heavy (non-hydrogen) atoms. The lowest BCUT2D eigenvalue weighted by Gasteiger charge is -2.33. The Labute approximate surface area is 56.3 Å². The third-order valence-corrected chi connectivity index (χ3v) is 1.92. The highest BCUT2D eigenvalue weighted by atomic mass is 16.3. The van der Waals surface area contributed by atoms with E-state index in [0.717, 1.165) is 12.5 Å². The number of aliphatic hydroxyl groups is 1. The highest BCUT2D eigenvalue weighted by Gasteiger charge is 2.23. The molecule has 1 aliphatic carbocycles.